The van der Waals surface area contributed by atoms with E-state index in [0.717, 1.165) is 18.5 Å². The Bertz CT molecular complexity index is 731. The summed E-state index contributed by atoms with van der Waals surface area (Å²) < 4.78 is 7.35. The number of aromatic nitrogens is 2. The number of carbonyl (C=O) groups is 2. The molecule has 0 bridgehead atoms. The zero-order chi connectivity index (χ0) is 18.4. The summed E-state index contributed by atoms with van der Waals surface area (Å²) in [6.07, 6.45) is 1.89. The zero-order valence-corrected chi connectivity index (χ0v) is 15.2. The summed E-state index contributed by atoms with van der Waals surface area (Å²) in [6.45, 7) is 7.51. The molecule has 1 N–H and O–H groups in total. The Labute approximate surface area is 148 Å². The number of amides is 1. The third-order valence-corrected chi connectivity index (χ3v) is 4.04. The number of carbonyl (C=O) groups excluding carboxylic acids is 2. The lowest BCUT2D eigenvalue weighted by Crippen LogP contribution is -2.23. The highest BCUT2D eigenvalue weighted by Gasteiger charge is 2.15. The van der Waals surface area contributed by atoms with Crippen LogP contribution in [0, 0.1) is 6.92 Å². The van der Waals surface area contributed by atoms with Gasteiger partial charge in [0, 0.05) is 11.6 Å². The Morgan fingerprint density at radius 2 is 1.84 bits per heavy atom. The van der Waals surface area contributed by atoms with E-state index in [9.17, 15) is 9.59 Å². The van der Waals surface area contributed by atoms with Crippen molar-refractivity contribution in [3.05, 3.63) is 41.6 Å². The van der Waals surface area contributed by atoms with Crippen molar-refractivity contribution in [1.29, 1.82) is 0 Å². The standard InChI is InChI=1S/C19H25N3O3/c1-5-16(6-2)22-18(11-13(3)21-22)20-19(24)12-25-17-9-7-15(8-10-17)14(4)23/h7-11,16H,5-6,12H2,1-4H3,(H,20,24). The average molecular weight is 343 g/mol. The minimum atomic E-state index is -0.247. The minimum absolute atomic E-state index is 0.00525. The second-order valence-electron chi connectivity index (χ2n) is 6.00. The maximum atomic E-state index is 12.2. The highest BCUT2D eigenvalue weighted by Crippen LogP contribution is 2.22. The Balaban J connectivity index is 1.97. The monoisotopic (exact) mass is 343 g/mol. The molecule has 1 aromatic heterocycles. The number of benzene rings is 1. The van der Waals surface area contributed by atoms with Crippen LogP contribution in [-0.2, 0) is 4.79 Å². The number of anilines is 1. The lowest BCUT2D eigenvalue weighted by molar-refractivity contribution is -0.118. The van der Waals surface area contributed by atoms with E-state index < -0.39 is 0 Å². The van der Waals surface area contributed by atoms with Gasteiger partial charge in [0.15, 0.2) is 12.4 Å². The predicted molar refractivity (Wildman–Crippen MR) is 97.2 cm³/mol. The molecular weight excluding hydrogens is 318 g/mol. The summed E-state index contributed by atoms with van der Waals surface area (Å²) in [7, 11) is 0. The van der Waals surface area contributed by atoms with E-state index in [4.69, 9.17) is 4.74 Å². The predicted octanol–water partition coefficient (Wildman–Crippen LogP) is 3.77. The van der Waals surface area contributed by atoms with Crippen LogP contribution < -0.4 is 10.1 Å². The van der Waals surface area contributed by atoms with Crippen LogP contribution in [0.3, 0.4) is 0 Å². The van der Waals surface area contributed by atoms with Crippen LogP contribution in [0.5, 0.6) is 5.75 Å². The van der Waals surface area contributed by atoms with E-state index in [0.29, 0.717) is 17.1 Å². The molecule has 6 heteroatoms. The summed E-state index contributed by atoms with van der Waals surface area (Å²) in [5.41, 5.74) is 1.48. The molecule has 1 amide bonds. The van der Waals surface area contributed by atoms with Crippen LogP contribution in [-0.4, -0.2) is 28.1 Å². The van der Waals surface area contributed by atoms with Crippen LogP contribution in [0.15, 0.2) is 30.3 Å². The molecule has 0 saturated heterocycles. The first-order valence-corrected chi connectivity index (χ1v) is 8.54. The lowest BCUT2D eigenvalue weighted by atomic mass is 10.1. The molecule has 0 spiro atoms. The molecule has 0 unspecified atom stereocenters. The number of nitrogens with zero attached hydrogens (tertiary/aromatic N) is 2. The van der Waals surface area contributed by atoms with Crippen LogP contribution in [0.2, 0.25) is 0 Å². The van der Waals surface area contributed by atoms with Crippen molar-refractivity contribution in [2.75, 3.05) is 11.9 Å². The Hall–Kier alpha value is -2.63. The van der Waals surface area contributed by atoms with Gasteiger partial charge in [0.1, 0.15) is 11.6 Å². The fourth-order valence-electron chi connectivity index (χ4n) is 2.64. The van der Waals surface area contributed by atoms with Gasteiger partial charge < -0.3 is 10.1 Å². The third-order valence-electron chi connectivity index (χ3n) is 4.04. The molecule has 2 aromatic rings. The number of Topliss-reactive ketones (excluding diaryl/α,β-unsaturated/α-hetero) is 1. The summed E-state index contributed by atoms with van der Waals surface area (Å²) in [6, 6.07) is 8.84. The Morgan fingerprint density at radius 1 is 1.20 bits per heavy atom. The van der Waals surface area contributed by atoms with E-state index in [1.54, 1.807) is 24.3 Å². The van der Waals surface area contributed by atoms with Gasteiger partial charge in [-0.05, 0) is 51.0 Å². The van der Waals surface area contributed by atoms with Gasteiger partial charge in [0.05, 0.1) is 11.7 Å². The molecule has 134 valence electrons. The highest BCUT2D eigenvalue weighted by molar-refractivity contribution is 5.94. The SMILES string of the molecule is CCC(CC)n1nc(C)cc1NC(=O)COc1ccc(C(C)=O)cc1. The van der Waals surface area contributed by atoms with Crippen LogP contribution in [0.25, 0.3) is 0 Å². The van der Waals surface area contributed by atoms with Crippen LogP contribution in [0.1, 0.15) is 55.7 Å². The fraction of sp³-hybridized carbons (Fsp3) is 0.421. The van der Waals surface area contributed by atoms with Crippen molar-refractivity contribution in [3.63, 3.8) is 0 Å². The summed E-state index contributed by atoms with van der Waals surface area (Å²) in [5, 5.41) is 7.34. The van der Waals surface area contributed by atoms with Crippen molar-refractivity contribution in [2.45, 2.75) is 46.6 Å². The molecule has 6 nitrogen and oxygen atoms in total. The van der Waals surface area contributed by atoms with Gasteiger partial charge >= 0.3 is 0 Å². The highest BCUT2D eigenvalue weighted by atomic mass is 16.5. The van der Waals surface area contributed by atoms with Crippen molar-refractivity contribution in [2.24, 2.45) is 0 Å². The Morgan fingerprint density at radius 3 is 2.40 bits per heavy atom. The number of ether oxygens (including phenoxy) is 1. The molecule has 0 atom stereocenters. The van der Waals surface area contributed by atoms with Crippen molar-refractivity contribution in [3.8, 4) is 5.75 Å². The van der Waals surface area contributed by atoms with E-state index in [2.05, 4.69) is 24.3 Å². The van der Waals surface area contributed by atoms with Gasteiger partial charge in [-0.2, -0.15) is 5.10 Å². The van der Waals surface area contributed by atoms with Gasteiger partial charge in [0.25, 0.3) is 5.91 Å². The number of hydrogen-bond acceptors (Lipinski definition) is 4. The number of hydrogen-bond donors (Lipinski definition) is 1. The first-order valence-electron chi connectivity index (χ1n) is 8.54. The number of rotatable bonds is 8. The van der Waals surface area contributed by atoms with Gasteiger partial charge in [-0.3, -0.25) is 9.59 Å². The van der Waals surface area contributed by atoms with Gasteiger partial charge in [-0.25, -0.2) is 4.68 Å². The number of nitrogens with one attached hydrogen (secondary N) is 1. The average Bonchev–Trinajstić information content (AvgIpc) is 2.94. The molecule has 0 fully saturated rings. The molecule has 0 saturated carbocycles. The number of ketones is 1. The molecule has 25 heavy (non-hydrogen) atoms. The molecule has 0 aliphatic rings. The quantitative estimate of drug-likeness (QED) is 0.741. The molecule has 2 rings (SSSR count). The molecule has 1 heterocycles. The molecule has 0 aliphatic carbocycles. The fourth-order valence-corrected chi connectivity index (χ4v) is 2.64. The second kappa shape index (κ2) is 8.46. The molecular formula is C19H25N3O3. The maximum Gasteiger partial charge on any atom is 0.263 e. The smallest absolute Gasteiger partial charge is 0.263 e. The topological polar surface area (TPSA) is 73.2 Å². The molecule has 1 aromatic carbocycles. The summed E-state index contributed by atoms with van der Waals surface area (Å²) in [4.78, 5) is 23.4. The van der Waals surface area contributed by atoms with E-state index >= 15 is 0 Å². The molecule has 0 aliphatic heterocycles. The van der Waals surface area contributed by atoms with Gasteiger partial charge in [-0.1, -0.05) is 13.8 Å². The largest absolute Gasteiger partial charge is 0.484 e. The van der Waals surface area contributed by atoms with E-state index in [-0.39, 0.29) is 24.3 Å². The molecule has 0 radical (unpaired) electrons. The van der Waals surface area contributed by atoms with Crippen molar-refractivity contribution >= 4 is 17.5 Å². The number of aryl methyl sites for hydroxylation is 1. The van der Waals surface area contributed by atoms with Gasteiger partial charge in [0.2, 0.25) is 0 Å². The first kappa shape index (κ1) is 18.7. The lowest BCUT2D eigenvalue weighted by Gasteiger charge is -2.17. The summed E-state index contributed by atoms with van der Waals surface area (Å²) in [5.74, 6) is 0.980. The minimum Gasteiger partial charge on any atom is -0.484 e. The summed E-state index contributed by atoms with van der Waals surface area (Å²) >= 11 is 0. The van der Waals surface area contributed by atoms with Gasteiger partial charge in [-0.15, -0.1) is 0 Å². The normalized spacial score (nSPS) is 10.8. The first-order chi connectivity index (χ1) is 11.9. The Kier molecular flexibility index (Phi) is 6.33. The van der Waals surface area contributed by atoms with Crippen molar-refractivity contribution in [1.82, 2.24) is 9.78 Å². The second-order valence-corrected chi connectivity index (χ2v) is 6.00. The third kappa shape index (κ3) is 4.92. The maximum absolute atomic E-state index is 12.2. The van der Waals surface area contributed by atoms with Crippen LogP contribution in [0.4, 0.5) is 5.82 Å². The zero-order valence-electron chi connectivity index (χ0n) is 15.2. The van der Waals surface area contributed by atoms with Crippen LogP contribution >= 0.6 is 0 Å². The van der Waals surface area contributed by atoms with E-state index in [1.807, 2.05) is 17.7 Å². The van der Waals surface area contributed by atoms with E-state index in [1.165, 1.54) is 6.92 Å². The van der Waals surface area contributed by atoms with Crippen molar-refractivity contribution < 1.29 is 14.3 Å².